The van der Waals surface area contributed by atoms with E-state index >= 15 is 0 Å². The first kappa shape index (κ1) is 33.0. The molecule has 0 heterocycles. The molecular weight excluding hydrogens is 389 g/mol. The van der Waals surface area contributed by atoms with Crippen LogP contribution in [-0.4, -0.2) is 6.61 Å². The molecule has 0 aliphatic carbocycles. The second-order valence-corrected chi connectivity index (χ2v) is 7.87. The third-order valence-corrected chi connectivity index (χ3v) is 4.87. The minimum Gasteiger partial charge on any atom is -0.790 e. The Balaban J connectivity index is -0.00000242. The summed E-state index contributed by atoms with van der Waals surface area (Å²) in [4.78, 5) is 21.4. The third kappa shape index (κ3) is 27.4. The van der Waals surface area contributed by atoms with Crippen molar-refractivity contribution in [1.82, 2.24) is 0 Å². The van der Waals surface area contributed by atoms with Gasteiger partial charge in [-0.25, -0.2) is 0 Å². The summed E-state index contributed by atoms with van der Waals surface area (Å²) >= 11 is 0. The molecule has 0 aromatic carbocycles. The van der Waals surface area contributed by atoms with Crippen LogP contribution in [0.2, 0.25) is 0 Å². The predicted molar refractivity (Wildman–Crippen MR) is 93.0 cm³/mol. The van der Waals surface area contributed by atoms with E-state index in [1.54, 1.807) is 0 Å². The fourth-order valence-electron chi connectivity index (χ4n) is 2.93. The zero-order valence-corrected chi connectivity index (χ0v) is 24.4. The molecule has 0 rings (SSSR count). The van der Waals surface area contributed by atoms with E-state index < -0.39 is 7.82 Å². The summed E-state index contributed by atoms with van der Waals surface area (Å²) in [7, 11) is -4.83. The van der Waals surface area contributed by atoms with E-state index in [1.807, 2.05) is 0 Å². The van der Waals surface area contributed by atoms with Gasteiger partial charge in [-0.3, -0.25) is 0 Å². The first-order chi connectivity index (χ1) is 11.0. The Morgan fingerprint density at radius 1 is 0.720 bits per heavy atom. The molecule has 0 bridgehead atoms. The van der Waals surface area contributed by atoms with Gasteiger partial charge in [-0.15, -0.1) is 0 Å². The maximum atomic E-state index is 10.7. The van der Waals surface area contributed by atoms with Crippen LogP contribution < -0.4 is 113 Å². The molecule has 0 N–H and O–H groups in total. The molecule has 0 aromatic heterocycles. The fourth-order valence-corrected chi connectivity index (χ4v) is 3.33. The molecule has 140 valence electrons. The molecule has 0 amide bonds. The van der Waals surface area contributed by atoms with Crippen molar-refractivity contribution in [1.29, 1.82) is 0 Å². The number of hydrogen-bond acceptors (Lipinski definition) is 4. The summed E-state index contributed by atoms with van der Waals surface area (Å²) in [5, 5.41) is 0. The Hall–Kier alpha value is 3.38. The van der Waals surface area contributed by atoms with E-state index in [-0.39, 0.29) is 115 Å². The zero-order chi connectivity index (χ0) is 17.4. The maximum absolute atomic E-state index is 10.7. The van der Waals surface area contributed by atoms with Crippen molar-refractivity contribution in [2.45, 2.75) is 104 Å². The van der Waals surface area contributed by atoms with Crippen molar-refractivity contribution in [2.24, 2.45) is 5.92 Å². The van der Waals surface area contributed by atoms with E-state index in [0.29, 0.717) is 0 Å². The van der Waals surface area contributed by atoms with Gasteiger partial charge in [0.25, 0.3) is 0 Å². The molecule has 0 saturated heterocycles. The summed E-state index contributed by atoms with van der Waals surface area (Å²) in [5.41, 5.74) is 0. The van der Waals surface area contributed by atoms with Crippen molar-refractivity contribution in [3.8, 4) is 0 Å². The third-order valence-electron chi connectivity index (χ3n) is 4.40. The van der Waals surface area contributed by atoms with Gasteiger partial charge in [0, 0.05) is 0 Å². The quantitative estimate of drug-likeness (QED) is 0.169. The van der Waals surface area contributed by atoms with Crippen LogP contribution in [0.25, 0.3) is 0 Å². The Morgan fingerprint density at radius 2 is 1.08 bits per heavy atom. The molecule has 0 aliphatic rings. The molecule has 4 nitrogen and oxygen atoms in total. The Labute approximate surface area is 241 Å². The molecule has 0 atom stereocenters. The van der Waals surface area contributed by atoms with Gasteiger partial charge >= 0.3 is 103 Å². The molecule has 0 aromatic rings. The van der Waals surface area contributed by atoms with Crippen LogP contribution >= 0.6 is 7.82 Å². The maximum Gasteiger partial charge on any atom is 1.00 e. The van der Waals surface area contributed by atoms with Gasteiger partial charge in [-0.05, 0) is 18.8 Å². The summed E-state index contributed by atoms with van der Waals surface area (Å²) in [6.07, 6.45) is 16.7. The Morgan fingerprint density at radius 3 is 1.44 bits per heavy atom. The molecule has 25 heavy (non-hydrogen) atoms. The molecular formula is C18H37K2O4P. The van der Waals surface area contributed by atoms with Crippen LogP contribution in [0.15, 0.2) is 0 Å². The average Bonchev–Trinajstić information content (AvgIpc) is 2.49. The summed E-state index contributed by atoms with van der Waals surface area (Å²) in [6, 6.07) is 0. The van der Waals surface area contributed by atoms with Gasteiger partial charge in [0.1, 0.15) is 0 Å². The number of unbranched alkanes of at least 4 members (excludes halogenated alkanes) is 10. The van der Waals surface area contributed by atoms with E-state index in [2.05, 4.69) is 18.4 Å². The molecule has 0 aliphatic heterocycles. The second-order valence-electron chi connectivity index (χ2n) is 6.72. The first-order valence-corrected chi connectivity index (χ1v) is 11.1. The SMILES string of the molecule is CCCCCCCCC(CCCCCCCC)COP(=O)([O-])[O-].[K+].[K+]. The van der Waals surface area contributed by atoms with E-state index in [1.165, 1.54) is 64.2 Å². The van der Waals surface area contributed by atoms with E-state index in [0.717, 1.165) is 25.7 Å². The standard InChI is InChI=1S/C18H39O4P.2K/c1-3-5-7-9-11-13-15-18(17-22-23(19,20)21)16-14-12-10-8-6-4-2;;/h18H,3-17H2,1-2H3,(H2,19,20,21);;/q;2*+1/p-2. The normalized spacial score (nSPS) is 11.2. The first-order valence-electron chi connectivity index (χ1n) is 9.66. The largest absolute Gasteiger partial charge is 1.00 e. The average molecular weight is 427 g/mol. The van der Waals surface area contributed by atoms with Gasteiger partial charge in [0.05, 0.1) is 14.4 Å². The zero-order valence-electron chi connectivity index (χ0n) is 17.3. The molecule has 0 fully saturated rings. The minimum atomic E-state index is -4.83. The van der Waals surface area contributed by atoms with Gasteiger partial charge < -0.3 is 18.9 Å². The number of phosphoric acid groups is 1. The Bertz CT molecular complexity index is 285. The fraction of sp³-hybridized carbons (Fsp3) is 1.00. The number of hydrogen-bond donors (Lipinski definition) is 0. The summed E-state index contributed by atoms with van der Waals surface area (Å²) in [5.74, 6) is 0.212. The van der Waals surface area contributed by atoms with Crippen LogP contribution in [-0.2, 0) is 9.09 Å². The van der Waals surface area contributed by atoms with Gasteiger partial charge in [-0.2, -0.15) is 0 Å². The van der Waals surface area contributed by atoms with Crippen molar-refractivity contribution < 1.29 is 122 Å². The monoisotopic (exact) mass is 426 g/mol. The predicted octanol–water partition coefficient (Wildman–Crippen LogP) is -1.04. The van der Waals surface area contributed by atoms with Gasteiger partial charge in [-0.1, -0.05) is 90.9 Å². The van der Waals surface area contributed by atoms with E-state index in [4.69, 9.17) is 0 Å². The van der Waals surface area contributed by atoms with Gasteiger partial charge in [0.15, 0.2) is 0 Å². The van der Waals surface area contributed by atoms with Crippen LogP contribution in [0.3, 0.4) is 0 Å². The second kappa shape index (κ2) is 23.7. The van der Waals surface area contributed by atoms with Crippen molar-refractivity contribution in [3.63, 3.8) is 0 Å². The molecule has 0 spiro atoms. The van der Waals surface area contributed by atoms with Crippen LogP contribution in [0.4, 0.5) is 0 Å². The summed E-state index contributed by atoms with van der Waals surface area (Å²) < 4.78 is 15.2. The smallest absolute Gasteiger partial charge is 0.790 e. The number of rotatable bonds is 17. The van der Waals surface area contributed by atoms with Gasteiger partial charge in [0.2, 0.25) is 0 Å². The van der Waals surface area contributed by atoms with Crippen molar-refractivity contribution in [3.05, 3.63) is 0 Å². The Kier molecular flexibility index (Phi) is 31.3. The number of phosphoric ester groups is 1. The minimum absolute atomic E-state index is 0. The molecule has 0 unspecified atom stereocenters. The van der Waals surface area contributed by atoms with Crippen LogP contribution in [0, 0.1) is 5.92 Å². The van der Waals surface area contributed by atoms with Crippen molar-refractivity contribution >= 4 is 7.82 Å². The van der Waals surface area contributed by atoms with Crippen molar-refractivity contribution in [2.75, 3.05) is 6.61 Å². The topological polar surface area (TPSA) is 72.4 Å². The molecule has 0 saturated carbocycles. The van der Waals surface area contributed by atoms with E-state index in [9.17, 15) is 14.4 Å². The molecule has 7 heteroatoms. The molecule has 0 radical (unpaired) electrons. The van der Waals surface area contributed by atoms with Crippen LogP contribution in [0.1, 0.15) is 104 Å². The summed E-state index contributed by atoms with van der Waals surface area (Å²) in [6.45, 7) is 4.49. The van der Waals surface area contributed by atoms with Crippen LogP contribution in [0.5, 0.6) is 0 Å².